The summed E-state index contributed by atoms with van der Waals surface area (Å²) in [4.78, 5) is 4.60. The van der Waals surface area contributed by atoms with E-state index in [1.54, 1.807) is 14.2 Å². The van der Waals surface area contributed by atoms with Crippen LogP contribution in [0.25, 0.3) is 0 Å². The van der Waals surface area contributed by atoms with Gasteiger partial charge >= 0.3 is 0 Å². The van der Waals surface area contributed by atoms with E-state index >= 15 is 0 Å². The van der Waals surface area contributed by atoms with Crippen LogP contribution in [-0.4, -0.2) is 52.3 Å². The van der Waals surface area contributed by atoms with Crippen molar-refractivity contribution in [3.63, 3.8) is 0 Å². The molecule has 0 amide bonds. The van der Waals surface area contributed by atoms with Gasteiger partial charge in [-0.1, -0.05) is 0 Å². The third-order valence-corrected chi connectivity index (χ3v) is 3.38. The lowest BCUT2D eigenvalue weighted by atomic mass is 10.2. The second-order valence-electron chi connectivity index (χ2n) is 4.56. The largest absolute Gasteiger partial charge is 0.493 e. The van der Waals surface area contributed by atoms with Crippen LogP contribution in [0.1, 0.15) is 0 Å². The van der Waals surface area contributed by atoms with Gasteiger partial charge in [0.25, 0.3) is 0 Å². The molecule has 0 aliphatic carbocycles. The van der Waals surface area contributed by atoms with Gasteiger partial charge in [-0.3, -0.25) is 0 Å². The molecule has 0 spiro atoms. The standard InChI is InChI=1S/C13H21N3O2/c1-15-4-6-16(7-5-15)11-9-13(18-3)12(17-2)8-10(11)14/h8-9H,4-7,14H2,1-3H3. The van der Waals surface area contributed by atoms with E-state index in [0.29, 0.717) is 5.75 Å². The summed E-state index contributed by atoms with van der Waals surface area (Å²) < 4.78 is 10.6. The van der Waals surface area contributed by atoms with Crippen LogP contribution in [0.3, 0.4) is 0 Å². The molecule has 5 nitrogen and oxygen atoms in total. The highest BCUT2D eigenvalue weighted by molar-refractivity contribution is 5.73. The van der Waals surface area contributed by atoms with Gasteiger partial charge in [0.15, 0.2) is 11.5 Å². The highest BCUT2D eigenvalue weighted by Crippen LogP contribution is 2.36. The van der Waals surface area contributed by atoms with Gasteiger partial charge in [-0.2, -0.15) is 0 Å². The van der Waals surface area contributed by atoms with Crippen LogP contribution in [0.15, 0.2) is 12.1 Å². The number of nitrogens with zero attached hydrogens (tertiary/aromatic N) is 2. The molecule has 1 aliphatic heterocycles. The van der Waals surface area contributed by atoms with Crippen molar-refractivity contribution >= 4 is 11.4 Å². The third-order valence-electron chi connectivity index (χ3n) is 3.38. The molecule has 18 heavy (non-hydrogen) atoms. The maximum absolute atomic E-state index is 6.10. The maximum atomic E-state index is 6.10. The van der Waals surface area contributed by atoms with Crippen molar-refractivity contribution < 1.29 is 9.47 Å². The Morgan fingerprint density at radius 3 is 2.11 bits per heavy atom. The molecular formula is C13H21N3O2. The number of methoxy groups -OCH3 is 2. The monoisotopic (exact) mass is 251 g/mol. The van der Waals surface area contributed by atoms with E-state index in [0.717, 1.165) is 43.3 Å². The Balaban J connectivity index is 2.27. The molecule has 0 saturated carbocycles. The minimum absolute atomic E-state index is 0.674. The van der Waals surface area contributed by atoms with Crippen LogP contribution in [0, 0.1) is 0 Å². The molecule has 1 aromatic carbocycles. The van der Waals surface area contributed by atoms with Gasteiger partial charge in [-0.05, 0) is 7.05 Å². The van der Waals surface area contributed by atoms with Gasteiger partial charge in [-0.25, -0.2) is 0 Å². The fraction of sp³-hybridized carbons (Fsp3) is 0.538. The first-order chi connectivity index (χ1) is 8.65. The number of piperazine rings is 1. The van der Waals surface area contributed by atoms with Crippen molar-refractivity contribution in [1.29, 1.82) is 0 Å². The topological polar surface area (TPSA) is 51.0 Å². The van der Waals surface area contributed by atoms with Gasteiger partial charge in [0, 0.05) is 38.3 Å². The fourth-order valence-corrected chi connectivity index (χ4v) is 2.21. The summed E-state index contributed by atoms with van der Waals surface area (Å²) in [6.07, 6.45) is 0. The molecule has 1 heterocycles. The van der Waals surface area contributed by atoms with Crippen LogP contribution in [-0.2, 0) is 0 Å². The number of benzene rings is 1. The van der Waals surface area contributed by atoms with Gasteiger partial charge in [-0.15, -0.1) is 0 Å². The van der Waals surface area contributed by atoms with Crippen LogP contribution in [0.2, 0.25) is 0 Å². The number of hydrogen-bond acceptors (Lipinski definition) is 5. The fourth-order valence-electron chi connectivity index (χ4n) is 2.21. The molecule has 1 saturated heterocycles. The zero-order valence-electron chi connectivity index (χ0n) is 11.3. The molecule has 1 fully saturated rings. The average molecular weight is 251 g/mol. The first-order valence-corrected chi connectivity index (χ1v) is 6.10. The second-order valence-corrected chi connectivity index (χ2v) is 4.56. The lowest BCUT2D eigenvalue weighted by molar-refractivity contribution is 0.312. The minimum Gasteiger partial charge on any atom is -0.493 e. The number of nitrogen functional groups attached to an aromatic ring is 1. The summed E-state index contributed by atoms with van der Waals surface area (Å²) in [5, 5.41) is 0. The lowest BCUT2D eigenvalue weighted by Gasteiger charge is -2.34. The predicted molar refractivity (Wildman–Crippen MR) is 73.7 cm³/mol. The van der Waals surface area contributed by atoms with Crippen molar-refractivity contribution in [2.24, 2.45) is 0 Å². The van der Waals surface area contributed by atoms with Crippen LogP contribution >= 0.6 is 0 Å². The lowest BCUT2D eigenvalue weighted by Crippen LogP contribution is -2.44. The van der Waals surface area contributed by atoms with E-state index < -0.39 is 0 Å². The summed E-state index contributed by atoms with van der Waals surface area (Å²) >= 11 is 0. The summed E-state index contributed by atoms with van der Waals surface area (Å²) in [6, 6.07) is 3.78. The molecule has 0 aromatic heterocycles. The number of likely N-dealkylation sites (N-methyl/N-ethyl adjacent to an activating group) is 1. The number of hydrogen-bond donors (Lipinski definition) is 1. The highest BCUT2D eigenvalue weighted by Gasteiger charge is 2.18. The van der Waals surface area contributed by atoms with Crippen LogP contribution < -0.4 is 20.1 Å². The number of rotatable bonds is 3. The Bertz CT molecular complexity index is 415. The summed E-state index contributed by atoms with van der Waals surface area (Å²) in [7, 11) is 5.39. The van der Waals surface area contributed by atoms with E-state index in [4.69, 9.17) is 15.2 Å². The number of ether oxygens (including phenoxy) is 2. The van der Waals surface area contributed by atoms with Crippen molar-refractivity contribution in [3.05, 3.63) is 12.1 Å². The van der Waals surface area contributed by atoms with Gasteiger partial charge < -0.3 is 25.0 Å². The molecule has 2 rings (SSSR count). The Labute approximate surface area is 108 Å². The Hall–Kier alpha value is -1.62. The third kappa shape index (κ3) is 2.46. The zero-order valence-corrected chi connectivity index (χ0v) is 11.3. The van der Waals surface area contributed by atoms with E-state index in [1.165, 1.54) is 0 Å². The van der Waals surface area contributed by atoms with Crippen molar-refractivity contribution in [1.82, 2.24) is 4.90 Å². The quantitative estimate of drug-likeness (QED) is 0.813. The van der Waals surface area contributed by atoms with Crippen molar-refractivity contribution in [3.8, 4) is 11.5 Å². The second kappa shape index (κ2) is 5.35. The number of anilines is 2. The van der Waals surface area contributed by atoms with E-state index in [1.807, 2.05) is 12.1 Å². The summed E-state index contributed by atoms with van der Waals surface area (Å²) in [6.45, 7) is 4.06. The molecule has 1 aromatic rings. The Morgan fingerprint density at radius 2 is 1.56 bits per heavy atom. The summed E-state index contributed by atoms with van der Waals surface area (Å²) in [5.41, 5.74) is 7.86. The van der Waals surface area contributed by atoms with E-state index in [9.17, 15) is 0 Å². The molecule has 0 bridgehead atoms. The van der Waals surface area contributed by atoms with Gasteiger partial charge in [0.2, 0.25) is 0 Å². The Kier molecular flexibility index (Phi) is 3.81. The van der Waals surface area contributed by atoms with Gasteiger partial charge in [0.05, 0.1) is 25.6 Å². The molecule has 0 atom stereocenters. The Morgan fingerprint density at radius 1 is 1.00 bits per heavy atom. The van der Waals surface area contributed by atoms with Crippen LogP contribution in [0.4, 0.5) is 11.4 Å². The molecule has 5 heteroatoms. The smallest absolute Gasteiger partial charge is 0.162 e. The molecule has 100 valence electrons. The van der Waals surface area contributed by atoms with Crippen LogP contribution in [0.5, 0.6) is 11.5 Å². The molecule has 0 radical (unpaired) electrons. The average Bonchev–Trinajstić information content (AvgIpc) is 2.39. The normalized spacial score (nSPS) is 16.7. The first-order valence-electron chi connectivity index (χ1n) is 6.10. The maximum Gasteiger partial charge on any atom is 0.162 e. The summed E-state index contributed by atoms with van der Waals surface area (Å²) in [5.74, 6) is 1.40. The number of nitrogens with two attached hydrogens (primary N) is 1. The SMILES string of the molecule is COc1cc(N)c(N2CCN(C)CC2)cc1OC. The first kappa shape index (κ1) is 12.8. The molecule has 0 unspecified atom stereocenters. The molecule has 1 aliphatic rings. The minimum atomic E-state index is 0.674. The molecular weight excluding hydrogens is 230 g/mol. The zero-order chi connectivity index (χ0) is 13.1. The van der Waals surface area contributed by atoms with E-state index in [-0.39, 0.29) is 0 Å². The van der Waals surface area contributed by atoms with Gasteiger partial charge in [0.1, 0.15) is 0 Å². The molecule has 2 N–H and O–H groups in total. The van der Waals surface area contributed by atoms with Crippen molar-refractivity contribution in [2.75, 3.05) is 58.1 Å². The predicted octanol–water partition coefficient (Wildman–Crippen LogP) is 1.04. The highest BCUT2D eigenvalue weighted by atomic mass is 16.5. The van der Waals surface area contributed by atoms with Crippen molar-refractivity contribution in [2.45, 2.75) is 0 Å². The van der Waals surface area contributed by atoms with E-state index in [2.05, 4.69) is 16.8 Å².